The summed E-state index contributed by atoms with van der Waals surface area (Å²) in [5.74, 6) is 2.55. The molecule has 5 heteroatoms. The molecule has 94 valence electrons. The van der Waals surface area contributed by atoms with Crippen molar-refractivity contribution in [3.05, 3.63) is 35.4 Å². The third-order valence-corrected chi connectivity index (χ3v) is 3.23. The summed E-state index contributed by atoms with van der Waals surface area (Å²) in [6.45, 7) is 2.62. The van der Waals surface area contributed by atoms with E-state index in [0.29, 0.717) is 12.4 Å². The van der Waals surface area contributed by atoms with E-state index in [0.717, 1.165) is 30.8 Å². The van der Waals surface area contributed by atoms with E-state index >= 15 is 0 Å². The Balaban J connectivity index is 1.72. The van der Waals surface area contributed by atoms with Gasteiger partial charge in [0.2, 0.25) is 5.89 Å². The Labute approximate surface area is 106 Å². The summed E-state index contributed by atoms with van der Waals surface area (Å²) in [5, 5.41) is 3.29. The van der Waals surface area contributed by atoms with Crippen LogP contribution in [0.25, 0.3) is 0 Å². The summed E-state index contributed by atoms with van der Waals surface area (Å²) in [5.41, 5.74) is 2.42. The molecule has 2 heterocycles. The minimum Gasteiger partial charge on any atom is -0.444 e. The van der Waals surface area contributed by atoms with E-state index in [1.807, 2.05) is 0 Å². The highest BCUT2D eigenvalue weighted by Gasteiger charge is 2.17. The van der Waals surface area contributed by atoms with Gasteiger partial charge < -0.3 is 9.73 Å². The summed E-state index contributed by atoms with van der Waals surface area (Å²) < 4.78 is 5.56. The molecule has 0 aromatic carbocycles. The predicted octanol–water partition coefficient (Wildman–Crippen LogP) is 2.13. The van der Waals surface area contributed by atoms with Gasteiger partial charge in [-0.3, -0.25) is 0 Å². The van der Waals surface area contributed by atoms with Gasteiger partial charge in [0.05, 0.1) is 12.7 Å². The Hall–Kier alpha value is -1.91. The van der Waals surface area contributed by atoms with Crippen molar-refractivity contribution in [3.63, 3.8) is 0 Å². The van der Waals surface area contributed by atoms with Gasteiger partial charge in [0.1, 0.15) is 17.9 Å². The van der Waals surface area contributed by atoms with E-state index in [1.54, 1.807) is 12.5 Å². The Kier molecular flexibility index (Phi) is 2.96. The number of fused-ring (bicyclic) bond motifs is 1. The molecule has 1 aliphatic carbocycles. The molecule has 1 N–H and O–H groups in total. The maximum atomic E-state index is 5.56. The van der Waals surface area contributed by atoms with Crippen molar-refractivity contribution in [2.75, 3.05) is 5.32 Å². The highest BCUT2D eigenvalue weighted by atomic mass is 16.4. The van der Waals surface area contributed by atoms with Crippen molar-refractivity contribution in [2.24, 2.45) is 0 Å². The summed E-state index contributed by atoms with van der Waals surface area (Å²) >= 11 is 0. The van der Waals surface area contributed by atoms with E-state index in [2.05, 4.69) is 27.2 Å². The first kappa shape index (κ1) is 11.2. The van der Waals surface area contributed by atoms with Crippen molar-refractivity contribution in [1.29, 1.82) is 0 Å². The molecule has 0 amide bonds. The predicted molar refractivity (Wildman–Crippen MR) is 67.3 cm³/mol. The third kappa shape index (κ3) is 2.08. The van der Waals surface area contributed by atoms with E-state index < -0.39 is 0 Å². The molecule has 18 heavy (non-hydrogen) atoms. The van der Waals surface area contributed by atoms with Gasteiger partial charge >= 0.3 is 0 Å². The molecule has 1 aliphatic rings. The minimum atomic E-state index is 0.573. The molecule has 0 saturated heterocycles. The smallest absolute Gasteiger partial charge is 0.213 e. The van der Waals surface area contributed by atoms with Crippen LogP contribution in [0.1, 0.15) is 36.3 Å². The normalized spacial score (nSPS) is 13.6. The number of oxazole rings is 1. The molecule has 2 aromatic heterocycles. The van der Waals surface area contributed by atoms with E-state index in [-0.39, 0.29) is 0 Å². The second kappa shape index (κ2) is 4.76. The first-order valence-corrected chi connectivity index (χ1v) is 6.37. The van der Waals surface area contributed by atoms with Crippen molar-refractivity contribution in [1.82, 2.24) is 15.0 Å². The molecular formula is C13H16N4O. The molecule has 5 nitrogen and oxygen atoms in total. The number of nitrogens with one attached hydrogen (secondary N) is 1. The molecule has 0 fully saturated rings. The van der Waals surface area contributed by atoms with Crippen molar-refractivity contribution in [2.45, 2.75) is 39.2 Å². The summed E-state index contributed by atoms with van der Waals surface area (Å²) in [7, 11) is 0. The lowest BCUT2D eigenvalue weighted by atomic mass is 10.2. The molecule has 0 bridgehead atoms. The molecule has 0 radical (unpaired) electrons. The van der Waals surface area contributed by atoms with Crippen LogP contribution < -0.4 is 5.32 Å². The minimum absolute atomic E-state index is 0.573. The molecule has 0 atom stereocenters. The van der Waals surface area contributed by atoms with Gasteiger partial charge in [0.25, 0.3) is 0 Å². The summed E-state index contributed by atoms with van der Waals surface area (Å²) in [6.07, 6.45) is 7.56. The van der Waals surface area contributed by atoms with E-state index in [9.17, 15) is 0 Å². The first-order chi connectivity index (χ1) is 8.86. The van der Waals surface area contributed by atoms with E-state index in [4.69, 9.17) is 4.42 Å². The second-order valence-electron chi connectivity index (χ2n) is 4.43. The number of rotatable bonds is 4. The largest absolute Gasteiger partial charge is 0.444 e. The number of aryl methyl sites for hydroxylation is 2. The Morgan fingerprint density at radius 3 is 3.06 bits per heavy atom. The number of hydrogen-bond acceptors (Lipinski definition) is 5. The lowest BCUT2D eigenvalue weighted by Gasteiger charge is -2.07. The van der Waals surface area contributed by atoms with Gasteiger partial charge in [-0.25, -0.2) is 15.0 Å². The Morgan fingerprint density at radius 2 is 2.22 bits per heavy atom. The fraction of sp³-hybridized carbons (Fsp3) is 0.462. The van der Waals surface area contributed by atoms with Crippen LogP contribution in [0, 0.1) is 0 Å². The molecule has 3 rings (SSSR count). The average molecular weight is 244 g/mol. The third-order valence-electron chi connectivity index (χ3n) is 3.23. The number of hydrogen-bond donors (Lipinski definition) is 1. The first-order valence-electron chi connectivity index (χ1n) is 6.37. The molecule has 0 spiro atoms. The highest BCUT2D eigenvalue weighted by Crippen LogP contribution is 2.25. The van der Waals surface area contributed by atoms with Crippen LogP contribution in [0.2, 0.25) is 0 Å². The van der Waals surface area contributed by atoms with Crippen molar-refractivity contribution >= 4 is 5.82 Å². The second-order valence-corrected chi connectivity index (χ2v) is 4.43. The lowest BCUT2D eigenvalue weighted by molar-refractivity contribution is 0.465. The van der Waals surface area contributed by atoms with Crippen molar-refractivity contribution in [3.8, 4) is 0 Å². The Morgan fingerprint density at radius 1 is 1.28 bits per heavy atom. The standard InChI is InChI=1S/C13H16N4O/c1-2-9-6-14-12(18-9)7-15-13-10-4-3-5-11(10)16-8-17-13/h6,8H,2-5,7H2,1H3,(H,15,16,17). The zero-order valence-electron chi connectivity index (χ0n) is 10.4. The van der Waals surface area contributed by atoms with Crippen LogP contribution >= 0.6 is 0 Å². The zero-order valence-corrected chi connectivity index (χ0v) is 10.4. The average Bonchev–Trinajstić information content (AvgIpc) is 3.05. The van der Waals surface area contributed by atoms with Crippen LogP contribution in [0.5, 0.6) is 0 Å². The Bertz CT molecular complexity index is 550. The maximum Gasteiger partial charge on any atom is 0.213 e. The molecule has 0 saturated carbocycles. The fourth-order valence-corrected chi connectivity index (χ4v) is 2.26. The van der Waals surface area contributed by atoms with Gasteiger partial charge in [-0.2, -0.15) is 0 Å². The van der Waals surface area contributed by atoms with Gasteiger partial charge in [-0.1, -0.05) is 6.92 Å². The monoisotopic (exact) mass is 244 g/mol. The SMILES string of the molecule is CCc1cnc(CNc2ncnc3c2CCC3)o1. The fourth-order valence-electron chi connectivity index (χ4n) is 2.26. The molecule has 2 aromatic rings. The van der Waals surface area contributed by atoms with Gasteiger partial charge in [-0.15, -0.1) is 0 Å². The zero-order chi connectivity index (χ0) is 12.4. The van der Waals surface area contributed by atoms with Crippen LogP contribution in [0.15, 0.2) is 16.9 Å². The molecule has 0 aliphatic heterocycles. The van der Waals surface area contributed by atoms with E-state index in [1.165, 1.54) is 17.7 Å². The molecule has 0 unspecified atom stereocenters. The highest BCUT2D eigenvalue weighted by molar-refractivity contribution is 5.47. The number of aromatic nitrogens is 3. The topological polar surface area (TPSA) is 63.8 Å². The van der Waals surface area contributed by atoms with Crippen molar-refractivity contribution < 1.29 is 4.42 Å². The summed E-state index contributed by atoms with van der Waals surface area (Å²) in [4.78, 5) is 12.8. The van der Waals surface area contributed by atoms with Gasteiger partial charge in [-0.05, 0) is 19.3 Å². The molecular weight excluding hydrogens is 228 g/mol. The van der Waals surface area contributed by atoms with Crippen LogP contribution in [-0.4, -0.2) is 15.0 Å². The van der Waals surface area contributed by atoms with Gasteiger partial charge in [0, 0.05) is 17.7 Å². The van der Waals surface area contributed by atoms with Gasteiger partial charge in [0.15, 0.2) is 0 Å². The van der Waals surface area contributed by atoms with Crippen LogP contribution in [-0.2, 0) is 25.8 Å². The van der Waals surface area contributed by atoms with Crippen LogP contribution in [0.4, 0.5) is 5.82 Å². The van der Waals surface area contributed by atoms with Crippen LogP contribution in [0.3, 0.4) is 0 Å². The number of nitrogens with zero attached hydrogens (tertiary/aromatic N) is 3. The maximum absolute atomic E-state index is 5.56. The lowest BCUT2D eigenvalue weighted by Crippen LogP contribution is -2.05. The number of anilines is 1. The summed E-state index contributed by atoms with van der Waals surface area (Å²) in [6, 6.07) is 0. The quantitative estimate of drug-likeness (QED) is 0.892.